The number of aryl methyl sites for hydroxylation is 1. The minimum absolute atomic E-state index is 0.0898. The van der Waals surface area contributed by atoms with E-state index in [1.807, 2.05) is 27.7 Å². The van der Waals surface area contributed by atoms with Gasteiger partial charge in [0.15, 0.2) is 0 Å². The van der Waals surface area contributed by atoms with Gasteiger partial charge in [0.25, 0.3) is 0 Å². The number of thioether (sulfide) groups is 1. The number of hydrogen-bond donors (Lipinski definition) is 1. The second-order valence-corrected chi connectivity index (χ2v) is 9.18. The van der Waals surface area contributed by atoms with Crippen molar-refractivity contribution in [1.82, 2.24) is 10.2 Å². The number of nitrogens with zero attached hydrogens (tertiary/aromatic N) is 1. The molecular weight excluding hydrogens is 411 g/mol. The third kappa shape index (κ3) is 8.37. The van der Waals surface area contributed by atoms with E-state index in [1.165, 1.54) is 29.5 Å². The van der Waals surface area contributed by atoms with Crippen molar-refractivity contribution in [2.75, 3.05) is 12.3 Å². The summed E-state index contributed by atoms with van der Waals surface area (Å²) in [5, 5.41) is 2.95. The molecule has 1 atom stereocenters. The normalized spacial score (nSPS) is 11.9. The molecule has 31 heavy (non-hydrogen) atoms. The van der Waals surface area contributed by atoms with E-state index in [1.54, 1.807) is 17.0 Å². The Balaban J connectivity index is 2.10. The SMILES string of the molecule is CC[C@H](C(=O)NCC(C)C)N(Cc1ccc(F)cc1)C(=O)CSCc1ccc(C)cc1. The molecule has 0 aliphatic carbocycles. The molecule has 2 amide bonds. The zero-order valence-corrected chi connectivity index (χ0v) is 19.7. The lowest BCUT2D eigenvalue weighted by molar-refractivity contribution is -0.139. The van der Waals surface area contributed by atoms with Crippen LogP contribution in [0.1, 0.15) is 43.9 Å². The van der Waals surface area contributed by atoms with Crippen LogP contribution in [0.15, 0.2) is 48.5 Å². The highest BCUT2D eigenvalue weighted by atomic mass is 32.2. The topological polar surface area (TPSA) is 49.4 Å². The number of nitrogens with one attached hydrogen (secondary N) is 1. The van der Waals surface area contributed by atoms with Crippen LogP contribution in [0.25, 0.3) is 0 Å². The van der Waals surface area contributed by atoms with Crippen LogP contribution in [0, 0.1) is 18.7 Å². The van der Waals surface area contributed by atoms with Crippen molar-refractivity contribution in [1.29, 1.82) is 0 Å². The second kappa shape index (κ2) is 12.5. The molecule has 0 fully saturated rings. The van der Waals surface area contributed by atoms with Gasteiger partial charge in [0.05, 0.1) is 5.75 Å². The van der Waals surface area contributed by atoms with Gasteiger partial charge in [0, 0.05) is 18.8 Å². The van der Waals surface area contributed by atoms with Gasteiger partial charge in [-0.1, -0.05) is 62.7 Å². The molecular formula is C25H33FN2O2S. The van der Waals surface area contributed by atoms with Gasteiger partial charge < -0.3 is 10.2 Å². The van der Waals surface area contributed by atoms with Crippen molar-refractivity contribution in [3.63, 3.8) is 0 Å². The van der Waals surface area contributed by atoms with Crippen LogP contribution < -0.4 is 5.32 Å². The molecule has 2 aromatic rings. The van der Waals surface area contributed by atoms with Gasteiger partial charge in [-0.15, -0.1) is 11.8 Å². The fourth-order valence-corrected chi connectivity index (χ4v) is 4.02. The first-order valence-electron chi connectivity index (χ1n) is 10.7. The highest BCUT2D eigenvalue weighted by Crippen LogP contribution is 2.18. The summed E-state index contributed by atoms with van der Waals surface area (Å²) in [5.41, 5.74) is 3.16. The first kappa shape index (κ1) is 24.9. The van der Waals surface area contributed by atoms with Crippen LogP contribution >= 0.6 is 11.8 Å². The lowest BCUT2D eigenvalue weighted by atomic mass is 10.1. The molecule has 0 heterocycles. The van der Waals surface area contributed by atoms with Gasteiger partial charge in [-0.25, -0.2) is 4.39 Å². The molecule has 0 bridgehead atoms. The molecule has 4 nitrogen and oxygen atoms in total. The van der Waals surface area contributed by atoms with Gasteiger partial charge in [-0.3, -0.25) is 9.59 Å². The largest absolute Gasteiger partial charge is 0.354 e. The molecule has 2 aromatic carbocycles. The van der Waals surface area contributed by atoms with E-state index in [0.29, 0.717) is 18.9 Å². The molecule has 0 aliphatic heterocycles. The summed E-state index contributed by atoms with van der Waals surface area (Å²) in [7, 11) is 0. The average Bonchev–Trinajstić information content (AvgIpc) is 2.74. The summed E-state index contributed by atoms with van der Waals surface area (Å²) in [6.07, 6.45) is 0.513. The van der Waals surface area contributed by atoms with Crippen molar-refractivity contribution in [3.05, 3.63) is 71.0 Å². The number of carbonyl (C=O) groups excluding carboxylic acids is 2. The number of carbonyl (C=O) groups is 2. The van der Waals surface area contributed by atoms with Crippen LogP contribution in [0.3, 0.4) is 0 Å². The fraction of sp³-hybridized carbons (Fsp3) is 0.440. The summed E-state index contributed by atoms with van der Waals surface area (Å²) >= 11 is 1.54. The maximum Gasteiger partial charge on any atom is 0.242 e. The van der Waals surface area contributed by atoms with Crippen LogP contribution in [0.5, 0.6) is 0 Å². The van der Waals surface area contributed by atoms with Crippen molar-refractivity contribution < 1.29 is 14.0 Å². The smallest absolute Gasteiger partial charge is 0.242 e. The summed E-state index contributed by atoms with van der Waals surface area (Å²) < 4.78 is 13.3. The molecule has 0 aromatic heterocycles. The van der Waals surface area contributed by atoms with Crippen LogP contribution in [-0.2, 0) is 21.9 Å². The molecule has 0 aliphatic rings. The summed E-state index contributed by atoms with van der Waals surface area (Å²) in [6, 6.07) is 13.8. The number of hydrogen-bond acceptors (Lipinski definition) is 3. The Kier molecular flexibility index (Phi) is 10.0. The van der Waals surface area contributed by atoms with E-state index < -0.39 is 6.04 Å². The first-order valence-corrected chi connectivity index (χ1v) is 11.9. The van der Waals surface area contributed by atoms with Gasteiger partial charge in [-0.05, 0) is 42.5 Å². The number of halogens is 1. The molecule has 1 N–H and O–H groups in total. The second-order valence-electron chi connectivity index (χ2n) is 8.19. The number of amides is 2. The maximum absolute atomic E-state index is 13.3. The quantitative estimate of drug-likeness (QED) is 0.534. The Morgan fingerprint density at radius 3 is 2.23 bits per heavy atom. The minimum atomic E-state index is -0.559. The Hall–Kier alpha value is -2.34. The standard InChI is InChI=1S/C25H33FN2O2S/c1-5-23(25(30)27-14-18(2)3)28(15-20-10-12-22(26)13-11-20)24(29)17-31-16-21-8-6-19(4)7-9-21/h6-13,18,23H,5,14-17H2,1-4H3,(H,27,30)/t23-/m1/s1. The van der Waals surface area contributed by atoms with E-state index in [2.05, 4.69) is 29.6 Å². The Bertz CT molecular complexity index is 838. The molecule has 6 heteroatoms. The minimum Gasteiger partial charge on any atom is -0.354 e. The van der Waals surface area contributed by atoms with Gasteiger partial charge in [0.2, 0.25) is 11.8 Å². The maximum atomic E-state index is 13.3. The molecule has 2 rings (SSSR count). The molecule has 0 radical (unpaired) electrons. The highest BCUT2D eigenvalue weighted by Gasteiger charge is 2.28. The van der Waals surface area contributed by atoms with E-state index in [-0.39, 0.29) is 29.9 Å². The summed E-state index contributed by atoms with van der Waals surface area (Å²) in [6.45, 7) is 8.86. The van der Waals surface area contributed by atoms with Crippen molar-refractivity contribution in [2.24, 2.45) is 5.92 Å². The Labute approximate surface area is 189 Å². The Morgan fingerprint density at radius 2 is 1.65 bits per heavy atom. The summed E-state index contributed by atoms with van der Waals surface area (Å²) in [4.78, 5) is 27.6. The van der Waals surface area contributed by atoms with E-state index in [9.17, 15) is 14.0 Å². The monoisotopic (exact) mass is 444 g/mol. The van der Waals surface area contributed by atoms with E-state index >= 15 is 0 Å². The molecule has 168 valence electrons. The molecule has 0 saturated heterocycles. The molecule has 0 saturated carbocycles. The van der Waals surface area contributed by atoms with Gasteiger partial charge in [-0.2, -0.15) is 0 Å². The average molecular weight is 445 g/mol. The fourth-order valence-electron chi connectivity index (χ4n) is 3.15. The van der Waals surface area contributed by atoms with Crippen LogP contribution in [-0.4, -0.2) is 35.1 Å². The number of rotatable bonds is 11. The predicted octanol–water partition coefficient (Wildman–Crippen LogP) is 4.95. The predicted molar refractivity (Wildman–Crippen MR) is 126 cm³/mol. The Morgan fingerprint density at radius 1 is 1.03 bits per heavy atom. The lowest BCUT2D eigenvalue weighted by Crippen LogP contribution is -2.50. The van der Waals surface area contributed by atoms with Crippen LogP contribution in [0.4, 0.5) is 4.39 Å². The van der Waals surface area contributed by atoms with Crippen molar-refractivity contribution in [3.8, 4) is 0 Å². The zero-order chi connectivity index (χ0) is 22.8. The first-order chi connectivity index (χ1) is 14.8. The van der Waals surface area contributed by atoms with E-state index in [4.69, 9.17) is 0 Å². The van der Waals surface area contributed by atoms with Crippen LogP contribution in [0.2, 0.25) is 0 Å². The third-order valence-corrected chi connectivity index (χ3v) is 5.94. The van der Waals surface area contributed by atoms with E-state index in [0.717, 1.165) is 16.9 Å². The number of benzene rings is 2. The molecule has 0 unspecified atom stereocenters. The molecule has 0 spiro atoms. The van der Waals surface area contributed by atoms with Gasteiger partial charge >= 0.3 is 0 Å². The summed E-state index contributed by atoms with van der Waals surface area (Å²) in [5.74, 6) is 0.781. The van der Waals surface area contributed by atoms with Crippen molar-refractivity contribution in [2.45, 2.75) is 52.5 Å². The highest BCUT2D eigenvalue weighted by molar-refractivity contribution is 7.99. The zero-order valence-electron chi connectivity index (χ0n) is 18.9. The lowest BCUT2D eigenvalue weighted by Gasteiger charge is -2.31. The third-order valence-electron chi connectivity index (χ3n) is 4.95. The van der Waals surface area contributed by atoms with Crippen molar-refractivity contribution >= 4 is 23.6 Å². The van der Waals surface area contributed by atoms with Gasteiger partial charge in [0.1, 0.15) is 11.9 Å².